The Morgan fingerprint density at radius 3 is 1.93 bits per heavy atom. The van der Waals surface area contributed by atoms with E-state index in [2.05, 4.69) is 61.5 Å². The van der Waals surface area contributed by atoms with Gasteiger partial charge < -0.3 is 0 Å². The van der Waals surface area contributed by atoms with Gasteiger partial charge in [0, 0.05) is 0 Å². The molecule has 0 aliphatic carbocycles. The topological polar surface area (TPSA) is 0 Å². The normalized spacial score (nSPS) is 10.9. The van der Waals surface area contributed by atoms with E-state index in [1.54, 1.807) is 0 Å². The van der Waals surface area contributed by atoms with Crippen molar-refractivity contribution in [2.45, 2.75) is 6.92 Å². The van der Waals surface area contributed by atoms with Gasteiger partial charge in [-0.25, -0.2) is 0 Å². The highest BCUT2D eigenvalue weighted by Gasteiger charge is 1.95. The maximum absolute atomic E-state index is 2.26. The molecular formula is C13H14Si. The predicted molar refractivity (Wildman–Crippen MR) is 65.4 cm³/mol. The predicted octanol–water partition coefficient (Wildman–Crippen LogP) is 1.11. The van der Waals surface area contributed by atoms with Crippen LogP contribution in [0.3, 0.4) is 0 Å². The fraction of sp³-hybridized carbons (Fsp3) is 0.0769. The Hall–Kier alpha value is -1.34. The van der Waals surface area contributed by atoms with Gasteiger partial charge in [-0.2, -0.15) is 0 Å². The Bertz CT molecular complexity index is 389. The van der Waals surface area contributed by atoms with Crippen molar-refractivity contribution in [3.63, 3.8) is 0 Å². The molecule has 2 rings (SSSR count). The smallest absolute Gasteiger partial charge is 0.0633 e. The second-order valence-corrected chi connectivity index (χ2v) is 5.63. The van der Waals surface area contributed by atoms with Gasteiger partial charge >= 0.3 is 0 Å². The van der Waals surface area contributed by atoms with E-state index in [1.165, 1.54) is 15.9 Å². The van der Waals surface area contributed by atoms with Crippen LogP contribution in [0.2, 0.25) is 0 Å². The van der Waals surface area contributed by atoms with Crippen LogP contribution in [-0.4, -0.2) is 9.52 Å². The maximum atomic E-state index is 2.26. The summed E-state index contributed by atoms with van der Waals surface area (Å²) in [5.74, 6) is 0. The van der Waals surface area contributed by atoms with Crippen molar-refractivity contribution < 1.29 is 0 Å². The lowest BCUT2D eigenvalue weighted by Crippen LogP contribution is -2.26. The second-order valence-electron chi connectivity index (χ2n) is 3.65. The summed E-state index contributed by atoms with van der Waals surface area (Å²) < 4.78 is 0. The molecule has 0 N–H and O–H groups in total. The standard InChI is InChI=1S/C13H14Si/c1-11-7-9-13(10-8-11)14-12-5-3-2-4-6-12/h2-10H,14H2,1H3. The summed E-state index contributed by atoms with van der Waals surface area (Å²) in [5, 5.41) is 3.03. The zero-order valence-corrected chi connectivity index (χ0v) is 9.82. The van der Waals surface area contributed by atoms with Gasteiger partial charge in [-0.3, -0.25) is 0 Å². The molecule has 0 spiro atoms. The van der Waals surface area contributed by atoms with E-state index in [1.807, 2.05) is 0 Å². The largest absolute Gasteiger partial charge is 0.0875 e. The van der Waals surface area contributed by atoms with E-state index >= 15 is 0 Å². The summed E-state index contributed by atoms with van der Waals surface area (Å²) in [5.41, 5.74) is 1.34. The Morgan fingerprint density at radius 1 is 0.714 bits per heavy atom. The van der Waals surface area contributed by atoms with Crippen LogP contribution < -0.4 is 10.4 Å². The van der Waals surface area contributed by atoms with Crippen LogP contribution >= 0.6 is 0 Å². The summed E-state index contributed by atoms with van der Waals surface area (Å²) in [6.45, 7) is 2.13. The summed E-state index contributed by atoms with van der Waals surface area (Å²) >= 11 is 0. The third kappa shape index (κ3) is 2.33. The maximum Gasteiger partial charge on any atom is 0.0875 e. The minimum atomic E-state index is -0.250. The summed E-state index contributed by atoms with van der Waals surface area (Å²) in [4.78, 5) is 0. The third-order valence-electron chi connectivity index (χ3n) is 2.37. The molecule has 0 saturated carbocycles. The van der Waals surface area contributed by atoms with Crippen LogP contribution in [-0.2, 0) is 0 Å². The summed E-state index contributed by atoms with van der Waals surface area (Å²) in [6, 6.07) is 19.7. The molecule has 1 heteroatoms. The Balaban J connectivity index is 2.16. The molecule has 0 heterocycles. The quantitative estimate of drug-likeness (QED) is 0.634. The molecule has 70 valence electrons. The van der Waals surface area contributed by atoms with Gasteiger partial charge in [0.15, 0.2) is 0 Å². The number of benzene rings is 2. The van der Waals surface area contributed by atoms with Gasteiger partial charge in [0.1, 0.15) is 0 Å². The van der Waals surface area contributed by atoms with Crippen molar-refractivity contribution in [1.29, 1.82) is 0 Å². The molecule has 0 atom stereocenters. The van der Waals surface area contributed by atoms with Crippen LogP contribution in [0.5, 0.6) is 0 Å². The monoisotopic (exact) mass is 198 g/mol. The molecule has 14 heavy (non-hydrogen) atoms. The molecule has 0 radical (unpaired) electrons. The zero-order valence-electron chi connectivity index (χ0n) is 8.40. The lowest BCUT2D eigenvalue weighted by atomic mass is 10.2. The van der Waals surface area contributed by atoms with Gasteiger partial charge in [-0.1, -0.05) is 70.5 Å². The summed E-state index contributed by atoms with van der Waals surface area (Å²) in [6.07, 6.45) is 0. The van der Waals surface area contributed by atoms with Crippen molar-refractivity contribution in [1.82, 2.24) is 0 Å². The first kappa shape index (κ1) is 9.22. The molecule has 0 aliphatic rings. The van der Waals surface area contributed by atoms with Crippen molar-refractivity contribution in [3.05, 3.63) is 60.2 Å². The van der Waals surface area contributed by atoms with Gasteiger partial charge in [-0.15, -0.1) is 0 Å². The van der Waals surface area contributed by atoms with Crippen LogP contribution in [0.25, 0.3) is 0 Å². The fourth-order valence-electron chi connectivity index (χ4n) is 1.54. The molecule has 0 nitrogen and oxygen atoms in total. The summed E-state index contributed by atoms with van der Waals surface area (Å²) in [7, 11) is -0.250. The van der Waals surface area contributed by atoms with Crippen molar-refractivity contribution in [2.24, 2.45) is 0 Å². The van der Waals surface area contributed by atoms with Crippen LogP contribution in [0.4, 0.5) is 0 Å². The van der Waals surface area contributed by atoms with Crippen LogP contribution in [0.1, 0.15) is 5.56 Å². The van der Waals surface area contributed by atoms with E-state index in [4.69, 9.17) is 0 Å². The van der Waals surface area contributed by atoms with Crippen molar-refractivity contribution in [2.75, 3.05) is 0 Å². The number of rotatable bonds is 2. The van der Waals surface area contributed by atoms with Crippen LogP contribution in [0.15, 0.2) is 54.6 Å². The van der Waals surface area contributed by atoms with E-state index in [0.29, 0.717) is 0 Å². The molecule has 0 aliphatic heterocycles. The lowest BCUT2D eigenvalue weighted by molar-refractivity contribution is 1.49. The van der Waals surface area contributed by atoms with Gasteiger partial charge in [0.05, 0.1) is 9.52 Å². The number of hydrogen-bond acceptors (Lipinski definition) is 0. The average molecular weight is 198 g/mol. The fourth-order valence-corrected chi connectivity index (χ4v) is 2.99. The first-order valence-corrected chi connectivity index (χ1v) is 6.35. The van der Waals surface area contributed by atoms with Gasteiger partial charge in [-0.05, 0) is 6.92 Å². The van der Waals surface area contributed by atoms with E-state index < -0.39 is 0 Å². The average Bonchev–Trinajstić information content (AvgIpc) is 2.23. The van der Waals surface area contributed by atoms with Gasteiger partial charge in [0.25, 0.3) is 0 Å². The minimum absolute atomic E-state index is 0.250. The Labute approximate surface area is 87.4 Å². The molecule has 0 bridgehead atoms. The highest BCUT2D eigenvalue weighted by molar-refractivity contribution is 6.67. The molecule has 2 aromatic carbocycles. The van der Waals surface area contributed by atoms with E-state index in [-0.39, 0.29) is 9.52 Å². The first-order chi connectivity index (χ1) is 6.84. The molecular weight excluding hydrogens is 184 g/mol. The van der Waals surface area contributed by atoms with Crippen molar-refractivity contribution >= 4 is 19.9 Å². The third-order valence-corrected chi connectivity index (χ3v) is 4.13. The molecule has 0 aromatic heterocycles. The Morgan fingerprint density at radius 2 is 1.29 bits per heavy atom. The molecule has 0 unspecified atom stereocenters. The number of hydrogen-bond donors (Lipinski definition) is 0. The highest BCUT2D eigenvalue weighted by atomic mass is 28.2. The minimum Gasteiger partial charge on any atom is -0.0633 e. The second kappa shape index (κ2) is 4.25. The molecule has 0 amide bonds. The highest BCUT2D eigenvalue weighted by Crippen LogP contribution is 1.92. The lowest BCUT2D eigenvalue weighted by Gasteiger charge is -2.01. The zero-order chi connectivity index (χ0) is 9.80. The van der Waals surface area contributed by atoms with Gasteiger partial charge in [0.2, 0.25) is 0 Å². The molecule has 0 saturated heterocycles. The number of aryl methyl sites for hydroxylation is 1. The molecule has 2 aromatic rings. The first-order valence-electron chi connectivity index (χ1n) is 4.94. The van der Waals surface area contributed by atoms with E-state index in [0.717, 1.165) is 0 Å². The van der Waals surface area contributed by atoms with E-state index in [9.17, 15) is 0 Å². The Kier molecular flexibility index (Phi) is 2.80. The SMILES string of the molecule is Cc1ccc([SiH2]c2ccccc2)cc1. The van der Waals surface area contributed by atoms with Crippen LogP contribution in [0, 0.1) is 6.92 Å². The molecule has 0 fully saturated rings. The van der Waals surface area contributed by atoms with Crippen molar-refractivity contribution in [3.8, 4) is 0 Å².